The van der Waals surface area contributed by atoms with Gasteiger partial charge in [0.25, 0.3) is 5.91 Å². The normalized spacial score (nSPS) is 13.1. The first-order valence-corrected chi connectivity index (χ1v) is 9.89. The molecule has 30 heavy (non-hydrogen) atoms. The Morgan fingerprint density at radius 3 is 2.47 bits per heavy atom. The molecule has 0 atom stereocenters. The summed E-state index contributed by atoms with van der Waals surface area (Å²) < 4.78 is 15.3. The van der Waals surface area contributed by atoms with Crippen molar-refractivity contribution in [1.29, 1.82) is 0 Å². The van der Waals surface area contributed by atoms with Gasteiger partial charge in [0.15, 0.2) is 0 Å². The highest BCUT2D eigenvalue weighted by Crippen LogP contribution is 2.37. The number of hydrogen-bond donors (Lipinski definition) is 2. The highest BCUT2D eigenvalue weighted by molar-refractivity contribution is 6.36. The number of benzene rings is 2. The van der Waals surface area contributed by atoms with Crippen molar-refractivity contribution in [3.63, 3.8) is 0 Å². The van der Waals surface area contributed by atoms with Crippen LogP contribution in [0.15, 0.2) is 48.5 Å². The van der Waals surface area contributed by atoms with E-state index in [0.29, 0.717) is 30.2 Å². The lowest BCUT2D eigenvalue weighted by atomic mass is 10.1. The van der Waals surface area contributed by atoms with Crippen molar-refractivity contribution in [3.05, 3.63) is 75.7 Å². The molecule has 3 amide bonds. The summed E-state index contributed by atoms with van der Waals surface area (Å²) in [6.07, 6.45) is 0. The maximum atomic E-state index is 13.3. The Kier molecular flexibility index (Phi) is 5.40. The summed E-state index contributed by atoms with van der Waals surface area (Å²) in [4.78, 5) is 26.4. The van der Waals surface area contributed by atoms with Gasteiger partial charge >= 0.3 is 6.03 Å². The molecular formula is C21H17Cl2FN4O2. The number of hydrogen-bond acceptors (Lipinski definition) is 2. The average molecular weight is 447 g/mol. The van der Waals surface area contributed by atoms with Gasteiger partial charge in [-0.1, -0.05) is 53.5 Å². The molecule has 9 heteroatoms. The Morgan fingerprint density at radius 2 is 1.80 bits per heavy atom. The Hall–Kier alpha value is -3.03. The van der Waals surface area contributed by atoms with Crippen molar-refractivity contribution < 1.29 is 14.0 Å². The Labute approximate surface area is 182 Å². The van der Waals surface area contributed by atoms with Gasteiger partial charge in [-0.15, -0.1) is 0 Å². The van der Waals surface area contributed by atoms with E-state index in [1.54, 1.807) is 0 Å². The number of primary amides is 1. The fraction of sp³-hybridized carbons (Fsp3) is 0.143. The first kappa shape index (κ1) is 20.3. The summed E-state index contributed by atoms with van der Waals surface area (Å²) in [6.45, 7) is 0.965. The van der Waals surface area contributed by atoms with Crippen LogP contribution < -0.4 is 11.1 Å². The van der Waals surface area contributed by atoms with Crippen LogP contribution in [0.3, 0.4) is 0 Å². The molecule has 1 aliphatic heterocycles. The molecule has 0 spiro atoms. The van der Waals surface area contributed by atoms with Crippen molar-refractivity contribution in [3.8, 4) is 11.3 Å². The van der Waals surface area contributed by atoms with Gasteiger partial charge < -0.3 is 20.5 Å². The minimum Gasteiger partial charge on any atom is -0.365 e. The molecule has 0 saturated carbocycles. The summed E-state index contributed by atoms with van der Waals surface area (Å²) in [5.74, 6) is -1.22. The molecule has 154 valence electrons. The second-order valence-electron chi connectivity index (χ2n) is 6.85. The number of anilines is 1. The Balaban J connectivity index is 1.65. The van der Waals surface area contributed by atoms with Crippen molar-refractivity contribution in [2.45, 2.75) is 13.1 Å². The highest BCUT2D eigenvalue weighted by Gasteiger charge is 2.31. The number of halogens is 3. The van der Waals surface area contributed by atoms with Crippen molar-refractivity contribution in [2.24, 2.45) is 5.73 Å². The second kappa shape index (κ2) is 8.01. The summed E-state index contributed by atoms with van der Waals surface area (Å²) in [5.41, 5.74) is 8.30. The molecule has 2 aromatic carbocycles. The molecule has 2 heterocycles. The van der Waals surface area contributed by atoms with Crippen LogP contribution in [0.4, 0.5) is 14.9 Å². The fourth-order valence-corrected chi connectivity index (χ4v) is 4.20. The smallest absolute Gasteiger partial charge is 0.322 e. The maximum Gasteiger partial charge on any atom is 0.322 e. The van der Waals surface area contributed by atoms with Gasteiger partial charge in [0.2, 0.25) is 0 Å². The Morgan fingerprint density at radius 1 is 1.07 bits per heavy atom. The van der Waals surface area contributed by atoms with E-state index in [1.807, 2.05) is 34.9 Å². The molecule has 1 aromatic heterocycles. The fourth-order valence-electron chi connectivity index (χ4n) is 3.60. The van der Waals surface area contributed by atoms with Crippen LogP contribution in [0.1, 0.15) is 16.1 Å². The molecule has 4 rings (SSSR count). The predicted octanol–water partition coefficient (Wildman–Crippen LogP) is 4.75. The van der Waals surface area contributed by atoms with Crippen LogP contribution in [-0.2, 0) is 13.1 Å². The highest BCUT2D eigenvalue weighted by atomic mass is 35.5. The molecular weight excluding hydrogens is 430 g/mol. The van der Waals surface area contributed by atoms with Gasteiger partial charge in [0.05, 0.1) is 33.5 Å². The van der Waals surface area contributed by atoms with Crippen LogP contribution >= 0.6 is 23.2 Å². The molecule has 1 aliphatic rings. The molecule has 0 aliphatic carbocycles. The zero-order valence-electron chi connectivity index (χ0n) is 15.7. The lowest BCUT2D eigenvalue weighted by Gasteiger charge is -2.30. The van der Waals surface area contributed by atoms with Crippen LogP contribution in [0, 0.1) is 5.82 Å². The standard InChI is InChI=1S/C21H17Cl2FN4O2/c22-14-10-13(6-7-15(14)24)26-21(30)27-8-9-28-16(11-27)17(20(25)29)18(23)19(28)12-4-2-1-3-5-12/h1-7,10H,8-9,11H2,(H2,25,29)(H,26,30). The summed E-state index contributed by atoms with van der Waals surface area (Å²) >= 11 is 12.3. The Bertz CT molecular complexity index is 1150. The van der Waals surface area contributed by atoms with E-state index in [9.17, 15) is 14.0 Å². The van der Waals surface area contributed by atoms with Crippen molar-refractivity contribution in [2.75, 3.05) is 11.9 Å². The quantitative estimate of drug-likeness (QED) is 0.608. The lowest BCUT2D eigenvalue weighted by Crippen LogP contribution is -2.41. The SMILES string of the molecule is NC(=O)c1c(Cl)c(-c2ccccc2)n2c1CN(C(=O)Nc1ccc(F)c(Cl)c1)CC2. The maximum absolute atomic E-state index is 13.3. The van der Waals surface area contributed by atoms with E-state index < -0.39 is 17.8 Å². The van der Waals surface area contributed by atoms with Gasteiger partial charge in [-0.2, -0.15) is 0 Å². The third-order valence-electron chi connectivity index (χ3n) is 5.00. The zero-order valence-corrected chi connectivity index (χ0v) is 17.2. The van der Waals surface area contributed by atoms with Crippen LogP contribution in [0.25, 0.3) is 11.3 Å². The van der Waals surface area contributed by atoms with Gasteiger partial charge in [0, 0.05) is 18.8 Å². The molecule has 0 bridgehead atoms. The van der Waals surface area contributed by atoms with E-state index in [-0.39, 0.29) is 22.2 Å². The minimum atomic E-state index is -0.654. The summed E-state index contributed by atoms with van der Waals surface area (Å²) in [5, 5.41) is 2.88. The number of fused-ring (bicyclic) bond motifs is 1. The molecule has 3 N–H and O–H groups in total. The van der Waals surface area contributed by atoms with Gasteiger partial charge in [-0.25, -0.2) is 9.18 Å². The van der Waals surface area contributed by atoms with E-state index in [0.717, 1.165) is 5.56 Å². The third-order valence-corrected chi connectivity index (χ3v) is 5.66. The molecule has 0 saturated heterocycles. The van der Waals surface area contributed by atoms with E-state index in [4.69, 9.17) is 28.9 Å². The number of carbonyl (C=O) groups excluding carboxylic acids is 2. The molecule has 0 radical (unpaired) electrons. The van der Waals surface area contributed by atoms with Crippen molar-refractivity contribution in [1.82, 2.24) is 9.47 Å². The molecule has 6 nitrogen and oxygen atoms in total. The molecule has 3 aromatic rings. The number of nitrogens with one attached hydrogen (secondary N) is 1. The number of rotatable bonds is 3. The van der Waals surface area contributed by atoms with Gasteiger partial charge in [-0.05, 0) is 23.8 Å². The van der Waals surface area contributed by atoms with Crippen LogP contribution in [0.5, 0.6) is 0 Å². The van der Waals surface area contributed by atoms with Gasteiger partial charge in [-0.3, -0.25) is 4.79 Å². The summed E-state index contributed by atoms with van der Waals surface area (Å²) in [7, 11) is 0. The number of amides is 3. The first-order chi connectivity index (χ1) is 14.4. The molecule has 0 fully saturated rings. The summed E-state index contributed by atoms with van der Waals surface area (Å²) in [6, 6.07) is 13.0. The number of carbonyl (C=O) groups is 2. The lowest BCUT2D eigenvalue weighted by molar-refractivity contribution is 0.0997. The number of nitrogens with two attached hydrogens (primary N) is 1. The van der Waals surface area contributed by atoms with E-state index in [1.165, 1.54) is 23.1 Å². The second-order valence-corrected chi connectivity index (χ2v) is 7.63. The van der Waals surface area contributed by atoms with Crippen molar-refractivity contribution >= 4 is 40.8 Å². The monoisotopic (exact) mass is 446 g/mol. The number of aromatic nitrogens is 1. The topological polar surface area (TPSA) is 80.4 Å². The number of urea groups is 1. The molecule has 0 unspecified atom stereocenters. The average Bonchev–Trinajstić information content (AvgIpc) is 3.02. The minimum absolute atomic E-state index is 0.0874. The van der Waals surface area contributed by atoms with E-state index in [2.05, 4.69) is 5.32 Å². The largest absolute Gasteiger partial charge is 0.365 e. The van der Waals surface area contributed by atoms with E-state index >= 15 is 0 Å². The zero-order chi connectivity index (χ0) is 21.4. The third kappa shape index (κ3) is 3.62. The van der Waals surface area contributed by atoms with Crippen LogP contribution in [0.2, 0.25) is 10.0 Å². The number of nitrogens with zero attached hydrogens (tertiary/aromatic N) is 2. The van der Waals surface area contributed by atoms with Gasteiger partial charge in [0.1, 0.15) is 5.82 Å². The first-order valence-electron chi connectivity index (χ1n) is 9.14. The predicted molar refractivity (Wildman–Crippen MR) is 114 cm³/mol. The van der Waals surface area contributed by atoms with Crippen LogP contribution in [-0.4, -0.2) is 28.0 Å².